The van der Waals surface area contributed by atoms with Gasteiger partial charge in [-0.25, -0.2) is 0 Å². The summed E-state index contributed by atoms with van der Waals surface area (Å²) < 4.78 is 5.30. The van der Waals surface area contributed by atoms with Crippen molar-refractivity contribution in [1.29, 1.82) is 0 Å². The van der Waals surface area contributed by atoms with E-state index in [1.807, 2.05) is 18.2 Å². The third-order valence-corrected chi connectivity index (χ3v) is 4.04. The summed E-state index contributed by atoms with van der Waals surface area (Å²) in [6.07, 6.45) is 3.10. The van der Waals surface area contributed by atoms with Crippen LogP contribution in [0.25, 0.3) is 11.3 Å². The lowest BCUT2D eigenvalue weighted by Crippen LogP contribution is -2.38. The first kappa shape index (κ1) is 14.9. The molecular formula is C18H22N2O2. The topological polar surface area (TPSA) is 54.1 Å². The number of H-pyrrole nitrogens is 1. The molecule has 1 amide bonds. The third kappa shape index (κ3) is 3.98. The van der Waals surface area contributed by atoms with Gasteiger partial charge in [0.25, 0.3) is 0 Å². The van der Waals surface area contributed by atoms with E-state index in [1.165, 1.54) is 5.56 Å². The van der Waals surface area contributed by atoms with Crippen molar-refractivity contribution in [3.05, 3.63) is 48.2 Å². The quantitative estimate of drug-likeness (QED) is 0.892. The minimum atomic E-state index is 0.128. The average Bonchev–Trinajstić information content (AvgIpc) is 3.04. The van der Waals surface area contributed by atoms with Crippen LogP contribution in [0.4, 0.5) is 0 Å². The van der Waals surface area contributed by atoms with E-state index < -0.39 is 0 Å². The Bertz CT molecular complexity index is 601. The second kappa shape index (κ2) is 7.27. The molecule has 3 rings (SSSR count). The first-order valence-corrected chi connectivity index (χ1v) is 7.92. The normalized spacial score (nSPS) is 15.6. The number of hydrogen-bond donors (Lipinski definition) is 2. The highest BCUT2D eigenvalue weighted by molar-refractivity contribution is 5.76. The van der Waals surface area contributed by atoms with E-state index in [9.17, 15) is 4.79 Å². The molecule has 2 N–H and O–H groups in total. The summed E-state index contributed by atoms with van der Waals surface area (Å²) in [4.78, 5) is 15.4. The highest BCUT2D eigenvalue weighted by Crippen LogP contribution is 2.18. The van der Waals surface area contributed by atoms with Gasteiger partial charge in [-0.3, -0.25) is 4.79 Å². The van der Waals surface area contributed by atoms with Crippen molar-refractivity contribution < 1.29 is 9.53 Å². The highest BCUT2D eigenvalue weighted by Gasteiger charge is 2.15. The van der Waals surface area contributed by atoms with E-state index in [2.05, 4.69) is 34.6 Å². The Hall–Kier alpha value is -2.07. The molecule has 0 bridgehead atoms. The van der Waals surface area contributed by atoms with Gasteiger partial charge in [0.2, 0.25) is 5.91 Å². The van der Waals surface area contributed by atoms with Crippen LogP contribution in [-0.2, 0) is 16.0 Å². The molecule has 0 spiro atoms. The molecule has 116 valence electrons. The van der Waals surface area contributed by atoms with Crippen LogP contribution in [0.2, 0.25) is 0 Å². The lowest BCUT2D eigenvalue weighted by molar-refractivity contribution is -0.122. The van der Waals surface area contributed by atoms with Crippen molar-refractivity contribution in [3.8, 4) is 11.3 Å². The predicted molar refractivity (Wildman–Crippen MR) is 86.5 cm³/mol. The maximum absolute atomic E-state index is 12.0. The fraction of sp³-hybridized carbons (Fsp3) is 0.389. The minimum Gasteiger partial charge on any atom is -0.381 e. The molecule has 1 aromatic heterocycles. The van der Waals surface area contributed by atoms with Gasteiger partial charge in [0, 0.05) is 37.1 Å². The second-order valence-electron chi connectivity index (χ2n) is 5.72. The molecule has 1 aliphatic heterocycles. The van der Waals surface area contributed by atoms with Crippen molar-refractivity contribution in [2.45, 2.75) is 31.7 Å². The standard InChI is InChI=1S/C18H22N2O2/c21-18(20-16-10-12-22-13-11-16)9-7-15-6-8-17(19-15)14-4-2-1-3-5-14/h1-6,8,16,19H,7,9-13H2,(H,20,21). The van der Waals surface area contributed by atoms with Crippen molar-refractivity contribution in [1.82, 2.24) is 10.3 Å². The van der Waals surface area contributed by atoms with Crippen LogP contribution in [0.3, 0.4) is 0 Å². The number of amides is 1. The number of ether oxygens (including phenoxy) is 1. The molecule has 0 unspecified atom stereocenters. The van der Waals surface area contributed by atoms with Crippen LogP contribution in [0, 0.1) is 0 Å². The van der Waals surface area contributed by atoms with E-state index in [0.717, 1.165) is 43.9 Å². The maximum atomic E-state index is 12.0. The molecule has 2 heterocycles. The van der Waals surface area contributed by atoms with Crippen LogP contribution >= 0.6 is 0 Å². The Kier molecular flexibility index (Phi) is 4.91. The molecule has 0 aliphatic carbocycles. The zero-order valence-corrected chi connectivity index (χ0v) is 12.7. The lowest BCUT2D eigenvalue weighted by atomic mass is 10.1. The second-order valence-corrected chi connectivity index (χ2v) is 5.72. The van der Waals surface area contributed by atoms with Crippen molar-refractivity contribution in [3.63, 3.8) is 0 Å². The zero-order chi connectivity index (χ0) is 15.2. The molecule has 1 fully saturated rings. The SMILES string of the molecule is O=C(CCc1ccc(-c2ccccc2)[nH]1)NC1CCOCC1. The van der Waals surface area contributed by atoms with Crippen LogP contribution in [-0.4, -0.2) is 30.1 Å². The number of hydrogen-bond acceptors (Lipinski definition) is 2. The molecular weight excluding hydrogens is 276 g/mol. The predicted octanol–water partition coefficient (Wildman–Crippen LogP) is 2.91. The van der Waals surface area contributed by atoms with E-state index >= 15 is 0 Å². The summed E-state index contributed by atoms with van der Waals surface area (Å²) in [5.41, 5.74) is 3.36. The maximum Gasteiger partial charge on any atom is 0.220 e. The summed E-state index contributed by atoms with van der Waals surface area (Å²) in [5, 5.41) is 3.09. The number of carbonyl (C=O) groups is 1. The van der Waals surface area contributed by atoms with Crippen LogP contribution in [0.15, 0.2) is 42.5 Å². The number of carbonyl (C=O) groups excluding carboxylic acids is 1. The van der Waals surface area contributed by atoms with Gasteiger partial charge >= 0.3 is 0 Å². The number of aryl methyl sites for hydroxylation is 1. The molecule has 0 saturated carbocycles. The Morgan fingerprint density at radius 2 is 1.91 bits per heavy atom. The van der Waals surface area contributed by atoms with Crippen molar-refractivity contribution >= 4 is 5.91 Å². The zero-order valence-electron chi connectivity index (χ0n) is 12.7. The molecule has 1 saturated heterocycles. The number of aromatic amines is 1. The largest absolute Gasteiger partial charge is 0.381 e. The summed E-state index contributed by atoms with van der Waals surface area (Å²) in [7, 11) is 0. The summed E-state index contributed by atoms with van der Waals surface area (Å²) >= 11 is 0. The Labute approximate surface area is 130 Å². The van der Waals surface area contributed by atoms with E-state index in [4.69, 9.17) is 4.74 Å². The first-order chi connectivity index (χ1) is 10.8. The van der Waals surface area contributed by atoms with Crippen LogP contribution < -0.4 is 5.32 Å². The van der Waals surface area contributed by atoms with Gasteiger partial charge in [-0.05, 0) is 37.0 Å². The molecule has 1 aliphatic rings. The van der Waals surface area contributed by atoms with Gasteiger partial charge in [0.15, 0.2) is 0 Å². The molecule has 22 heavy (non-hydrogen) atoms. The van der Waals surface area contributed by atoms with E-state index in [0.29, 0.717) is 6.42 Å². The van der Waals surface area contributed by atoms with E-state index in [-0.39, 0.29) is 11.9 Å². The van der Waals surface area contributed by atoms with Crippen LogP contribution in [0.1, 0.15) is 25.0 Å². The smallest absolute Gasteiger partial charge is 0.220 e. The number of benzene rings is 1. The van der Waals surface area contributed by atoms with Gasteiger partial charge in [-0.1, -0.05) is 30.3 Å². The number of rotatable bonds is 5. The fourth-order valence-corrected chi connectivity index (χ4v) is 2.76. The molecule has 2 aromatic rings. The van der Waals surface area contributed by atoms with E-state index in [1.54, 1.807) is 0 Å². The minimum absolute atomic E-state index is 0.128. The van der Waals surface area contributed by atoms with Crippen LogP contribution in [0.5, 0.6) is 0 Å². The van der Waals surface area contributed by atoms with Gasteiger partial charge in [0.05, 0.1) is 0 Å². The number of nitrogens with one attached hydrogen (secondary N) is 2. The Balaban J connectivity index is 1.49. The average molecular weight is 298 g/mol. The third-order valence-electron chi connectivity index (χ3n) is 4.04. The highest BCUT2D eigenvalue weighted by atomic mass is 16.5. The van der Waals surface area contributed by atoms with Gasteiger partial charge in [0.1, 0.15) is 0 Å². The Morgan fingerprint density at radius 3 is 2.68 bits per heavy atom. The molecule has 0 radical (unpaired) electrons. The molecule has 4 nitrogen and oxygen atoms in total. The monoisotopic (exact) mass is 298 g/mol. The van der Waals surface area contributed by atoms with Crippen molar-refractivity contribution in [2.75, 3.05) is 13.2 Å². The molecule has 4 heteroatoms. The summed E-state index contributed by atoms with van der Waals surface area (Å²) in [5.74, 6) is 0.128. The van der Waals surface area contributed by atoms with Gasteiger partial charge < -0.3 is 15.0 Å². The summed E-state index contributed by atoms with van der Waals surface area (Å²) in [6.45, 7) is 1.50. The summed E-state index contributed by atoms with van der Waals surface area (Å²) in [6, 6.07) is 14.6. The molecule has 1 aromatic carbocycles. The fourth-order valence-electron chi connectivity index (χ4n) is 2.76. The van der Waals surface area contributed by atoms with Crippen molar-refractivity contribution in [2.24, 2.45) is 0 Å². The van der Waals surface area contributed by atoms with Gasteiger partial charge in [-0.15, -0.1) is 0 Å². The number of aromatic nitrogens is 1. The van der Waals surface area contributed by atoms with Gasteiger partial charge in [-0.2, -0.15) is 0 Å². The molecule has 0 atom stereocenters. The Morgan fingerprint density at radius 1 is 1.14 bits per heavy atom. The first-order valence-electron chi connectivity index (χ1n) is 7.92. The lowest BCUT2D eigenvalue weighted by Gasteiger charge is -2.23.